The minimum Gasteiger partial charge on any atom is -0.292 e. The normalized spacial score (nSPS) is 10.1. The van der Waals surface area contributed by atoms with E-state index in [1.165, 1.54) is 0 Å². The zero-order chi connectivity index (χ0) is 10.4. The van der Waals surface area contributed by atoms with Crippen molar-refractivity contribution in [3.63, 3.8) is 0 Å². The van der Waals surface area contributed by atoms with Crippen LogP contribution in [0.25, 0.3) is 0 Å². The maximum atomic E-state index is 11.6. The van der Waals surface area contributed by atoms with Gasteiger partial charge in [0.2, 0.25) is 0 Å². The lowest BCUT2D eigenvalue weighted by atomic mass is 10.1. The smallest absolute Gasteiger partial charge is 0.181 e. The molecule has 0 amide bonds. The van der Waals surface area contributed by atoms with Crippen molar-refractivity contribution in [2.24, 2.45) is 0 Å². The van der Waals surface area contributed by atoms with Crippen LogP contribution in [0.2, 0.25) is 0 Å². The Balaban J connectivity index is 2.48. The molecule has 0 N–H and O–H groups in total. The van der Waals surface area contributed by atoms with Crippen LogP contribution >= 0.6 is 15.9 Å². The highest BCUT2D eigenvalue weighted by Crippen LogP contribution is 2.10. The zero-order valence-corrected chi connectivity index (χ0v) is 9.88. The van der Waals surface area contributed by atoms with Gasteiger partial charge in [-0.3, -0.25) is 9.78 Å². The lowest BCUT2D eigenvalue weighted by Gasteiger charge is -1.99. The summed E-state index contributed by atoms with van der Waals surface area (Å²) in [5.74, 6) is 0.144. The van der Waals surface area contributed by atoms with Crippen LogP contribution in [0.1, 0.15) is 43.1 Å². The molecule has 0 aliphatic rings. The zero-order valence-electron chi connectivity index (χ0n) is 8.29. The minimum absolute atomic E-state index is 0.144. The number of pyridine rings is 1. The van der Waals surface area contributed by atoms with E-state index in [0.717, 1.165) is 23.7 Å². The van der Waals surface area contributed by atoms with E-state index in [0.29, 0.717) is 12.1 Å². The number of hydrogen-bond donors (Lipinski definition) is 0. The van der Waals surface area contributed by atoms with Crippen LogP contribution in [0.5, 0.6) is 0 Å². The average molecular weight is 256 g/mol. The van der Waals surface area contributed by atoms with Crippen molar-refractivity contribution < 1.29 is 4.79 Å². The van der Waals surface area contributed by atoms with E-state index in [1.54, 1.807) is 12.3 Å². The molecule has 0 spiro atoms. The number of rotatable bonds is 5. The second-order valence-corrected chi connectivity index (χ2v) is 4.16. The molecule has 0 radical (unpaired) electrons. The van der Waals surface area contributed by atoms with E-state index in [9.17, 15) is 4.79 Å². The van der Waals surface area contributed by atoms with Gasteiger partial charge in [-0.05, 0) is 34.5 Å². The summed E-state index contributed by atoms with van der Waals surface area (Å²) in [5, 5.41) is 0. The largest absolute Gasteiger partial charge is 0.292 e. The Morgan fingerprint density at radius 3 is 2.79 bits per heavy atom. The molecule has 0 fully saturated rings. The SMILES string of the molecule is CCCCCC(=O)c1ccc(Br)cn1. The maximum Gasteiger partial charge on any atom is 0.181 e. The molecular weight excluding hydrogens is 242 g/mol. The summed E-state index contributed by atoms with van der Waals surface area (Å²) in [6.07, 6.45) is 5.49. The number of carbonyl (C=O) groups excluding carboxylic acids is 1. The average Bonchev–Trinajstić information content (AvgIpc) is 2.19. The summed E-state index contributed by atoms with van der Waals surface area (Å²) in [7, 11) is 0. The highest BCUT2D eigenvalue weighted by Gasteiger charge is 2.05. The Labute approximate surface area is 92.9 Å². The van der Waals surface area contributed by atoms with Crippen molar-refractivity contribution in [1.29, 1.82) is 0 Å². The third-order valence-electron chi connectivity index (χ3n) is 2.02. The fraction of sp³-hybridized carbons (Fsp3) is 0.455. The Hall–Kier alpha value is -0.700. The first kappa shape index (κ1) is 11.4. The predicted octanol–water partition coefficient (Wildman–Crippen LogP) is 3.61. The summed E-state index contributed by atoms with van der Waals surface area (Å²) in [6.45, 7) is 2.13. The molecule has 0 unspecified atom stereocenters. The lowest BCUT2D eigenvalue weighted by Crippen LogP contribution is -2.01. The van der Waals surface area contributed by atoms with E-state index in [1.807, 2.05) is 6.07 Å². The lowest BCUT2D eigenvalue weighted by molar-refractivity contribution is 0.0974. The van der Waals surface area contributed by atoms with Crippen LogP contribution in [-0.4, -0.2) is 10.8 Å². The summed E-state index contributed by atoms with van der Waals surface area (Å²) in [4.78, 5) is 15.6. The first-order valence-corrected chi connectivity index (χ1v) is 5.68. The first-order valence-electron chi connectivity index (χ1n) is 4.88. The molecule has 14 heavy (non-hydrogen) atoms. The van der Waals surface area contributed by atoms with Crippen molar-refractivity contribution in [3.05, 3.63) is 28.5 Å². The summed E-state index contributed by atoms with van der Waals surface area (Å²) < 4.78 is 0.905. The highest BCUT2D eigenvalue weighted by atomic mass is 79.9. The van der Waals surface area contributed by atoms with Crippen LogP contribution in [0, 0.1) is 0 Å². The summed E-state index contributed by atoms with van der Waals surface area (Å²) in [6, 6.07) is 3.61. The van der Waals surface area contributed by atoms with Crippen LogP contribution in [-0.2, 0) is 0 Å². The Morgan fingerprint density at radius 1 is 1.43 bits per heavy atom. The standard InChI is InChI=1S/C11H14BrNO/c1-2-3-4-5-11(14)10-7-6-9(12)8-13-10/h6-8H,2-5H2,1H3. The van der Waals surface area contributed by atoms with Crippen molar-refractivity contribution in [1.82, 2.24) is 4.98 Å². The number of Topliss-reactive ketones (excluding diaryl/α,β-unsaturated/α-hetero) is 1. The number of nitrogens with zero attached hydrogens (tertiary/aromatic N) is 1. The molecule has 2 nitrogen and oxygen atoms in total. The van der Waals surface area contributed by atoms with E-state index >= 15 is 0 Å². The predicted molar refractivity (Wildman–Crippen MR) is 60.4 cm³/mol. The van der Waals surface area contributed by atoms with E-state index in [-0.39, 0.29) is 5.78 Å². The number of unbranched alkanes of at least 4 members (excludes halogenated alkanes) is 2. The van der Waals surface area contributed by atoms with E-state index < -0.39 is 0 Å². The molecular formula is C11H14BrNO. The van der Waals surface area contributed by atoms with E-state index in [4.69, 9.17) is 0 Å². The van der Waals surface area contributed by atoms with Crippen LogP contribution in [0.4, 0.5) is 0 Å². The molecule has 0 bridgehead atoms. The number of ketones is 1. The van der Waals surface area contributed by atoms with Gasteiger partial charge in [-0.25, -0.2) is 0 Å². The summed E-state index contributed by atoms with van der Waals surface area (Å²) >= 11 is 3.28. The third-order valence-corrected chi connectivity index (χ3v) is 2.49. The van der Waals surface area contributed by atoms with Gasteiger partial charge >= 0.3 is 0 Å². The second kappa shape index (κ2) is 5.91. The Morgan fingerprint density at radius 2 is 2.21 bits per heavy atom. The molecule has 0 aliphatic carbocycles. The fourth-order valence-corrected chi connectivity index (χ4v) is 1.44. The third kappa shape index (κ3) is 3.58. The maximum absolute atomic E-state index is 11.6. The first-order chi connectivity index (χ1) is 6.74. The highest BCUT2D eigenvalue weighted by molar-refractivity contribution is 9.10. The van der Waals surface area contributed by atoms with Crippen LogP contribution in [0.3, 0.4) is 0 Å². The van der Waals surface area contributed by atoms with Crippen molar-refractivity contribution >= 4 is 21.7 Å². The molecule has 1 rings (SSSR count). The van der Waals surface area contributed by atoms with Gasteiger partial charge < -0.3 is 0 Å². The molecule has 76 valence electrons. The molecule has 0 saturated heterocycles. The molecule has 1 aromatic heterocycles. The van der Waals surface area contributed by atoms with Gasteiger partial charge in [0.1, 0.15) is 5.69 Å². The van der Waals surface area contributed by atoms with Gasteiger partial charge in [0.25, 0.3) is 0 Å². The van der Waals surface area contributed by atoms with Gasteiger partial charge in [-0.15, -0.1) is 0 Å². The molecule has 0 aliphatic heterocycles. The van der Waals surface area contributed by atoms with Crippen molar-refractivity contribution in [2.75, 3.05) is 0 Å². The van der Waals surface area contributed by atoms with Gasteiger partial charge in [-0.1, -0.05) is 19.8 Å². The van der Waals surface area contributed by atoms with Crippen molar-refractivity contribution in [3.8, 4) is 0 Å². The monoisotopic (exact) mass is 255 g/mol. The number of carbonyl (C=O) groups is 1. The van der Waals surface area contributed by atoms with Crippen LogP contribution < -0.4 is 0 Å². The second-order valence-electron chi connectivity index (χ2n) is 3.24. The number of hydrogen-bond acceptors (Lipinski definition) is 2. The molecule has 0 atom stereocenters. The Kier molecular flexibility index (Phi) is 4.80. The van der Waals surface area contributed by atoms with Gasteiger partial charge in [0.15, 0.2) is 5.78 Å². The molecule has 1 heterocycles. The van der Waals surface area contributed by atoms with Gasteiger partial charge in [0, 0.05) is 17.1 Å². The minimum atomic E-state index is 0.144. The number of halogens is 1. The summed E-state index contributed by atoms with van der Waals surface area (Å²) in [5.41, 5.74) is 0.573. The fourth-order valence-electron chi connectivity index (χ4n) is 1.20. The van der Waals surface area contributed by atoms with E-state index in [2.05, 4.69) is 27.8 Å². The number of aromatic nitrogens is 1. The molecule has 0 saturated carbocycles. The topological polar surface area (TPSA) is 30.0 Å². The Bertz CT molecular complexity index is 295. The molecule has 0 aromatic carbocycles. The van der Waals surface area contributed by atoms with Gasteiger partial charge in [0.05, 0.1) is 0 Å². The quantitative estimate of drug-likeness (QED) is 0.595. The van der Waals surface area contributed by atoms with Gasteiger partial charge in [-0.2, -0.15) is 0 Å². The molecule has 3 heteroatoms. The molecule has 1 aromatic rings. The van der Waals surface area contributed by atoms with Crippen molar-refractivity contribution in [2.45, 2.75) is 32.6 Å². The van der Waals surface area contributed by atoms with Crippen LogP contribution in [0.15, 0.2) is 22.8 Å².